The van der Waals surface area contributed by atoms with Crippen LogP contribution >= 0.6 is 27.7 Å². The molecule has 2 aromatic rings. The molecule has 0 aliphatic heterocycles. The molecule has 0 spiro atoms. The van der Waals surface area contributed by atoms with Crippen LogP contribution in [0.2, 0.25) is 0 Å². The molecule has 0 heterocycles. The van der Waals surface area contributed by atoms with Crippen LogP contribution in [-0.4, -0.2) is 6.54 Å². The first kappa shape index (κ1) is 16.6. The zero-order valence-corrected chi connectivity index (χ0v) is 15.0. The average Bonchev–Trinajstić information content (AvgIpc) is 2.52. The maximum absolute atomic E-state index is 3.54. The van der Waals surface area contributed by atoms with Gasteiger partial charge in [-0.3, -0.25) is 0 Å². The van der Waals surface area contributed by atoms with Crippen LogP contribution in [0.1, 0.15) is 37.4 Å². The van der Waals surface area contributed by atoms with Crippen LogP contribution in [0.4, 0.5) is 0 Å². The van der Waals surface area contributed by atoms with Gasteiger partial charge in [0.2, 0.25) is 0 Å². The Kier molecular flexibility index (Phi) is 6.81. The summed E-state index contributed by atoms with van der Waals surface area (Å²) >= 11 is 5.37. The second-order valence-corrected chi connectivity index (χ2v) is 7.13. The molecule has 21 heavy (non-hydrogen) atoms. The lowest BCUT2D eigenvalue weighted by atomic mass is 10.1. The lowest BCUT2D eigenvalue weighted by molar-refractivity contribution is 0.570. The normalized spacial score (nSPS) is 12.3. The van der Waals surface area contributed by atoms with Crippen molar-refractivity contribution in [2.75, 3.05) is 6.54 Å². The van der Waals surface area contributed by atoms with Crippen LogP contribution in [0.5, 0.6) is 0 Å². The third-order valence-electron chi connectivity index (χ3n) is 3.38. The van der Waals surface area contributed by atoms with Gasteiger partial charge in [0.05, 0.1) is 0 Å². The predicted molar refractivity (Wildman–Crippen MR) is 96.9 cm³/mol. The van der Waals surface area contributed by atoms with E-state index >= 15 is 0 Å². The van der Waals surface area contributed by atoms with E-state index in [2.05, 4.69) is 83.6 Å². The highest BCUT2D eigenvalue weighted by molar-refractivity contribution is 9.10. The third-order valence-corrected chi connectivity index (χ3v) is 4.97. The van der Waals surface area contributed by atoms with Gasteiger partial charge < -0.3 is 5.32 Å². The molecule has 0 radical (unpaired) electrons. The Labute approximate surface area is 140 Å². The molecule has 0 amide bonds. The molecular formula is C18H22BrNS. The molecule has 3 heteroatoms. The predicted octanol–water partition coefficient (Wildman–Crippen LogP) is 5.80. The first-order chi connectivity index (χ1) is 10.2. The van der Waals surface area contributed by atoms with Crippen molar-refractivity contribution < 1.29 is 0 Å². The van der Waals surface area contributed by atoms with Gasteiger partial charge in [0, 0.05) is 21.2 Å². The summed E-state index contributed by atoms with van der Waals surface area (Å²) < 4.78 is 1.13. The third kappa shape index (κ3) is 5.50. The van der Waals surface area contributed by atoms with E-state index in [4.69, 9.17) is 0 Å². The number of halogens is 1. The average molecular weight is 364 g/mol. The van der Waals surface area contributed by atoms with Gasteiger partial charge >= 0.3 is 0 Å². The van der Waals surface area contributed by atoms with E-state index in [9.17, 15) is 0 Å². The van der Waals surface area contributed by atoms with E-state index in [1.165, 1.54) is 22.4 Å². The van der Waals surface area contributed by atoms with Gasteiger partial charge in [-0.05, 0) is 55.3 Å². The second-order valence-electron chi connectivity index (χ2n) is 5.16. The van der Waals surface area contributed by atoms with Crippen LogP contribution < -0.4 is 5.32 Å². The fraction of sp³-hybridized carbons (Fsp3) is 0.333. The van der Waals surface area contributed by atoms with Crippen molar-refractivity contribution in [1.29, 1.82) is 0 Å². The Bertz CT molecular complexity index is 553. The minimum absolute atomic E-state index is 0.415. The molecule has 0 fully saturated rings. The van der Waals surface area contributed by atoms with Gasteiger partial charge in [-0.25, -0.2) is 0 Å². The molecule has 1 nitrogen and oxygen atoms in total. The monoisotopic (exact) mass is 363 g/mol. The van der Waals surface area contributed by atoms with Gasteiger partial charge in [-0.15, -0.1) is 11.8 Å². The molecular weight excluding hydrogens is 342 g/mol. The summed E-state index contributed by atoms with van der Waals surface area (Å²) in [6.07, 6.45) is 1.17. The van der Waals surface area contributed by atoms with Crippen molar-refractivity contribution in [1.82, 2.24) is 5.32 Å². The summed E-state index contributed by atoms with van der Waals surface area (Å²) in [5.41, 5.74) is 2.72. The molecule has 0 aromatic heterocycles. The highest BCUT2D eigenvalue weighted by Gasteiger charge is 2.05. The summed E-state index contributed by atoms with van der Waals surface area (Å²) in [6, 6.07) is 17.8. The summed E-state index contributed by atoms with van der Waals surface area (Å²) in [5, 5.41) is 3.54. The Morgan fingerprint density at radius 2 is 1.90 bits per heavy atom. The molecule has 2 rings (SSSR count). The largest absolute Gasteiger partial charge is 0.310 e. The SMILES string of the molecule is CCCNC(C)c1cccc(SCc2ccc(Br)cc2)c1. The molecule has 1 atom stereocenters. The van der Waals surface area contributed by atoms with Crippen molar-refractivity contribution >= 4 is 27.7 Å². The van der Waals surface area contributed by atoms with E-state index in [1.807, 2.05) is 11.8 Å². The fourth-order valence-electron chi connectivity index (χ4n) is 2.10. The number of rotatable bonds is 7. The number of nitrogens with one attached hydrogen (secondary N) is 1. The molecule has 0 aliphatic carbocycles. The lowest BCUT2D eigenvalue weighted by Gasteiger charge is -2.14. The van der Waals surface area contributed by atoms with Gasteiger partial charge in [-0.2, -0.15) is 0 Å². The van der Waals surface area contributed by atoms with Gasteiger partial charge in [0.1, 0.15) is 0 Å². The Hall–Kier alpha value is -0.770. The highest BCUT2D eigenvalue weighted by atomic mass is 79.9. The molecule has 2 aromatic carbocycles. The summed E-state index contributed by atoms with van der Waals surface area (Å²) in [4.78, 5) is 1.33. The molecule has 0 bridgehead atoms. The Balaban J connectivity index is 1.95. The van der Waals surface area contributed by atoms with Gasteiger partial charge in [-0.1, -0.05) is 47.1 Å². The minimum Gasteiger partial charge on any atom is -0.310 e. The van der Waals surface area contributed by atoms with E-state index < -0.39 is 0 Å². The number of benzene rings is 2. The second kappa shape index (κ2) is 8.62. The minimum atomic E-state index is 0.415. The van der Waals surface area contributed by atoms with E-state index in [0.29, 0.717) is 6.04 Å². The van der Waals surface area contributed by atoms with Crippen molar-refractivity contribution in [3.63, 3.8) is 0 Å². The smallest absolute Gasteiger partial charge is 0.0292 e. The van der Waals surface area contributed by atoms with E-state index in [1.54, 1.807) is 0 Å². The van der Waals surface area contributed by atoms with Crippen molar-refractivity contribution in [3.05, 3.63) is 64.1 Å². The van der Waals surface area contributed by atoms with Crippen LogP contribution in [0.15, 0.2) is 57.9 Å². The lowest BCUT2D eigenvalue weighted by Crippen LogP contribution is -2.19. The maximum atomic E-state index is 3.54. The van der Waals surface area contributed by atoms with Crippen LogP contribution in [0.25, 0.3) is 0 Å². The summed E-state index contributed by atoms with van der Waals surface area (Å²) in [7, 11) is 0. The van der Waals surface area contributed by atoms with Gasteiger partial charge in [0.15, 0.2) is 0 Å². The van der Waals surface area contributed by atoms with E-state index in [0.717, 1.165) is 16.8 Å². The van der Waals surface area contributed by atoms with E-state index in [-0.39, 0.29) is 0 Å². The number of hydrogen-bond acceptors (Lipinski definition) is 2. The van der Waals surface area contributed by atoms with Crippen molar-refractivity contribution in [3.8, 4) is 0 Å². The van der Waals surface area contributed by atoms with Crippen molar-refractivity contribution in [2.24, 2.45) is 0 Å². The number of thioether (sulfide) groups is 1. The quantitative estimate of drug-likeness (QED) is 0.623. The van der Waals surface area contributed by atoms with Crippen molar-refractivity contribution in [2.45, 2.75) is 37.0 Å². The first-order valence-corrected chi connectivity index (χ1v) is 9.17. The fourth-order valence-corrected chi connectivity index (χ4v) is 3.28. The first-order valence-electron chi connectivity index (χ1n) is 7.39. The Morgan fingerprint density at radius 3 is 2.62 bits per heavy atom. The topological polar surface area (TPSA) is 12.0 Å². The molecule has 0 aliphatic rings. The standard InChI is InChI=1S/C18H22BrNS/c1-3-11-20-14(2)16-5-4-6-18(12-16)21-13-15-7-9-17(19)10-8-15/h4-10,12,14,20H,3,11,13H2,1-2H3. The summed E-state index contributed by atoms with van der Waals surface area (Å²) in [5.74, 6) is 1.01. The number of hydrogen-bond donors (Lipinski definition) is 1. The summed E-state index contributed by atoms with van der Waals surface area (Å²) in [6.45, 7) is 5.50. The zero-order valence-electron chi connectivity index (χ0n) is 12.6. The van der Waals surface area contributed by atoms with Crippen LogP contribution in [-0.2, 0) is 5.75 Å². The van der Waals surface area contributed by atoms with Crippen LogP contribution in [0.3, 0.4) is 0 Å². The molecule has 1 N–H and O–H groups in total. The molecule has 0 saturated heterocycles. The molecule has 1 unspecified atom stereocenters. The van der Waals surface area contributed by atoms with Crippen LogP contribution in [0, 0.1) is 0 Å². The molecule has 0 saturated carbocycles. The Morgan fingerprint density at radius 1 is 1.14 bits per heavy atom. The zero-order chi connectivity index (χ0) is 15.1. The van der Waals surface area contributed by atoms with Gasteiger partial charge in [0.25, 0.3) is 0 Å². The molecule has 112 valence electrons. The maximum Gasteiger partial charge on any atom is 0.0292 e. The highest BCUT2D eigenvalue weighted by Crippen LogP contribution is 2.26.